The maximum Gasteiger partial charge on any atom is 0.118 e. The smallest absolute Gasteiger partial charge is 0.118 e. The lowest BCUT2D eigenvalue weighted by molar-refractivity contribution is 0.124. The Kier molecular flexibility index (Phi) is 5.16. The Morgan fingerprint density at radius 2 is 1.70 bits per heavy atom. The summed E-state index contributed by atoms with van der Waals surface area (Å²) in [5, 5.41) is 10.2. The highest BCUT2D eigenvalue weighted by Gasteiger charge is 2.10. The third kappa shape index (κ3) is 4.08. The van der Waals surface area contributed by atoms with E-state index in [1.165, 1.54) is 5.56 Å². The van der Waals surface area contributed by atoms with E-state index in [9.17, 15) is 5.11 Å². The molecule has 0 saturated carbocycles. The van der Waals surface area contributed by atoms with Gasteiger partial charge in [0.2, 0.25) is 0 Å². The number of benzene rings is 2. The zero-order chi connectivity index (χ0) is 14.4. The molecule has 106 valence electrons. The van der Waals surface area contributed by atoms with Crippen molar-refractivity contribution >= 4 is 0 Å². The van der Waals surface area contributed by atoms with Gasteiger partial charge in [0.05, 0.1) is 13.2 Å². The zero-order valence-corrected chi connectivity index (χ0v) is 12.0. The molecule has 0 fully saturated rings. The predicted octanol–water partition coefficient (Wildman–Crippen LogP) is 2.86. The quantitative estimate of drug-likeness (QED) is 0.877. The highest BCUT2D eigenvalue weighted by molar-refractivity contribution is 5.27. The first kappa shape index (κ1) is 14.6. The number of methoxy groups -OCH3 is 1. The van der Waals surface area contributed by atoms with Gasteiger partial charge in [0.15, 0.2) is 0 Å². The zero-order valence-electron chi connectivity index (χ0n) is 12.0. The third-order valence-corrected chi connectivity index (χ3v) is 3.28. The molecule has 0 spiro atoms. The topological polar surface area (TPSA) is 32.7 Å². The Bertz CT molecular complexity index is 510. The SMILES string of the molecule is COc1ccc(CN(C)C[C@H](O)c2ccccc2)cc1. The van der Waals surface area contributed by atoms with Crippen LogP contribution in [0.4, 0.5) is 0 Å². The molecule has 0 aliphatic carbocycles. The first-order valence-electron chi connectivity index (χ1n) is 6.73. The number of nitrogens with zero attached hydrogens (tertiary/aromatic N) is 1. The lowest BCUT2D eigenvalue weighted by Crippen LogP contribution is -2.24. The predicted molar refractivity (Wildman–Crippen MR) is 80.7 cm³/mol. The van der Waals surface area contributed by atoms with E-state index in [-0.39, 0.29) is 0 Å². The number of aliphatic hydroxyl groups excluding tert-OH is 1. The van der Waals surface area contributed by atoms with Crippen LogP contribution in [0.3, 0.4) is 0 Å². The van der Waals surface area contributed by atoms with Gasteiger partial charge < -0.3 is 9.84 Å². The van der Waals surface area contributed by atoms with Gasteiger partial charge in [0, 0.05) is 13.1 Å². The summed E-state index contributed by atoms with van der Waals surface area (Å²) in [6.07, 6.45) is -0.459. The van der Waals surface area contributed by atoms with E-state index in [1.54, 1.807) is 7.11 Å². The molecule has 0 bridgehead atoms. The summed E-state index contributed by atoms with van der Waals surface area (Å²) < 4.78 is 5.14. The standard InChI is InChI=1S/C17H21NO2/c1-18(12-14-8-10-16(20-2)11-9-14)13-17(19)15-6-4-3-5-7-15/h3-11,17,19H,12-13H2,1-2H3/t17-/m0/s1. The summed E-state index contributed by atoms with van der Waals surface area (Å²) in [5.41, 5.74) is 2.16. The van der Waals surface area contributed by atoms with Crippen LogP contribution in [0.25, 0.3) is 0 Å². The molecule has 2 aromatic carbocycles. The van der Waals surface area contributed by atoms with Crippen LogP contribution >= 0.6 is 0 Å². The molecule has 3 heteroatoms. The van der Waals surface area contributed by atoms with E-state index in [1.807, 2.05) is 61.6 Å². The molecule has 0 heterocycles. The molecule has 2 rings (SSSR count). The molecule has 0 radical (unpaired) electrons. The normalized spacial score (nSPS) is 12.4. The third-order valence-electron chi connectivity index (χ3n) is 3.28. The molecule has 0 unspecified atom stereocenters. The Hall–Kier alpha value is -1.84. The summed E-state index contributed by atoms with van der Waals surface area (Å²) in [7, 11) is 3.67. The van der Waals surface area contributed by atoms with Gasteiger partial charge in [-0.15, -0.1) is 0 Å². The summed E-state index contributed by atoms with van der Waals surface area (Å²) >= 11 is 0. The number of likely N-dealkylation sites (N-methyl/N-ethyl adjacent to an activating group) is 1. The van der Waals surface area contributed by atoms with Gasteiger partial charge in [-0.2, -0.15) is 0 Å². The van der Waals surface area contributed by atoms with Gasteiger partial charge in [0.1, 0.15) is 5.75 Å². The van der Waals surface area contributed by atoms with Crippen molar-refractivity contribution in [2.75, 3.05) is 20.7 Å². The highest BCUT2D eigenvalue weighted by Crippen LogP contribution is 2.16. The first-order chi connectivity index (χ1) is 9.69. The van der Waals surface area contributed by atoms with E-state index in [2.05, 4.69) is 4.90 Å². The number of hydrogen-bond donors (Lipinski definition) is 1. The van der Waals surface area contributed by atoms with E-state index in [4.69, 9.17) is 4.74 Å². The maximum absolute atomic E-state index is 10.2. The Labute approximate surface area is 120 Å². The molecular formula is C17H21NO2. The summed E-state index contributed by atoms with van der Waals surface area (Å²) in [4.78, 5) is 2.11. The molecule has 3 nitrogen and oxygen atoms in total. The fraction of sp³-hybridized carbons (Fsp3) is 0.294. The maximum atomic E-state index is 10.2. The minimum absolute atomic E-state index is 0.459. The van der Waals surface area contributed by atoms with Crippen LogP contribution in [0.2, 0.25) is 0 Å². The molecule has 0 aliphatic heterocycles. The highest BCUT2D eigenvalue weighted by atomic mass is 16.5. The first-order valence-corrected chi connectivity index (χ1v) is 6.73. The fourth-order valence-electron chi connectivity index (χ4n) is 2.18. The number of hydrogen-bond acceptors (Lipinski definition) is 3. The van der Waals surface area contributed by atoms with Crippen molar-refractivity contribution in [2.24, 2.45) is 0 Å². The Morgan fingerprint density at radius 3 is 2.30 bits per heavy atom. The monoisotopic (exact) mass is 271 g/mol. The average Bonchev–Trinajstić information content (AvgIpc) is 2.49. The van der Waals surface area contributed by atoms with E-state index in [0.29, 0.717) is 6.54 Å². The lowest BCUT2D eigenvalue weighted by atomic mass is 10.1. The van der Waals surface area contributed by atoms with E-state index >= 15 is 0 Å². The average molecular weight is 271 g/mol. The van der Waals surface area contributed by atoms with Crippen molar-refractivity contribution in [2.45, 2.75) is 12.6 Å². The Balaban J connectivity index is 1.90. The minimum atomic E-state index is -0.459. The lowest BCUT2D eigenvalue weighted by Gasteiger charge is -2.21. The van der Waals surface area contributed by atoms with Crippen LogP contribution < -0.4 is 4.74 Å². The van der Waals surface area contributed by atoms with E-state index in [0.717, 1.165) is 17.9 Å². The molecule has 20 heavy (non-hydrogen) atoms. The summed E-state index contributed by atoms with van der Waals surface area (Å²) in [6.45, 7) is 1.41. The molecule has 1 N–H and O–H groups in total. The molecule has 2 aromatic rings. The van der Waals surface area contributed by atoms with Gasteiger partial charge in [-0.1, -0.05) is 42.5 Å². The van der Waals surface area contributed by atoms with Crippen LogP contribution in [-0.2, 0) is 6.54 Å². The largest absolute Gasteiger partial charge is 0.497 e. The van der Waals surface area contributed by atoms with Crippen molar-refractivity contribution in [1.82, 2.24) is 4.90 Å². The fourth-order valence-corrected chi connectivity index (χ4v) is 2.18. The molecule has 1 atom stereocenters. The minimum Gasteiger partial charge on any atom is -0.497 e. The van der Waals surface area contributed by atoms with Crippen molar-refractivity contribution < 1.29 is 9.84 Å². The molecule has 0 aliphatic rings. The van der Waals surface area contributed by atoms with Gasteiger partial charge >= 0.3 is 0 Å². The number of aliphatic hydroxyl groups is 1. The van der Waals surface area contributed by atoms with Crippen molar-refractivity contribution in [1.29, 1.82) is 0 Å². The second kappa shape index (κ2) is 7.08. The van der Waals surface area contributed by atoms with Crippen LogP contribution in [0, 0.1) is 0 Å². The molecule has 0 saturated heterocycles. The van der Waals surface area contributed by atoms with Crippen LogP contribution in [0.1, 0.15) is 17.2 Å². The Morgan fingerprint density at radius 1 is 1.05 bits per heavy atom. The van der Waals surface area contributed by atoms with Crippen molar-refractivity contribution in [3.05, 3.63) is 65.7 Å². The van der Waals surface area contributed by atoms with Crippen LogP contribution in [0.5, 0.6) is 5.75 Å². The van der Waals surface area contributed by atoms with E-state index < -0.39 is 6.10 Å². The van der Waals surface area contributed by atoms with Gasteiger partial charge in [0.25, 0.3) is 0 Å². The molecule has 0 aromatic heterocycles. The molecular weight excluding hydrogens is 250 g/mol. The number of ether oxygens (including phenoxy) is 1. The van der Waals surface area contributed by atoms with Crippen molar-refractivity contribution in [3.8, 4) is 5.75 Å². The summed E-state index contributed by atoms with van der Waals surface area (Å²) in [6, 6.07) is 17.8. The van der Waals surface area contributed by atoms with Gasteiger partial charge in [-0.3, -0.25) is 4.90 Å². The van der Waals surface area contributed by atoms with Crippen LogP contribution in [-0.4, -0.2) is 30.7 Å². The number of rotatable bonds is 6. The second-order valence-electron chi connectivity index (χ2n) is 4.97. The second-order valence-corrected chi connectivity index (χ2v) is 4.97. The van der Waals surface area contributed by atoms with Gasteiger partial charge in [-0.05, 0) is 30.3 Å². The summed E-state index contributed by atoms with van der Waals surface area (Å²) in [5.74, 6) is 0.862. The van der Waals surface area contributed by atoms with Gasteiger partial charge in [-0.25, -0.2) is 0 Å². The molecule has 0 amide bonds. The van der Waals surface area contributed by atoms with Crippen molar-refractivity contribution in [3.63, 3.8) is 0 Å². The van der Waals surface area contributed by atoms with Crippen LogP contribution in [0.15, 0.2) is 54.6 Å².